The van der Waals surface area contributed by atoms with E-state index in [2.05, 4.69) is 10.3 Å². The number of carbonyl (C=O) groups is 1. The molecule has 1 aromatic carbocycles. The highest BCUT2D eigenvalue weighted by molar-refractivity contribution is 7.18. The van der Waals surface area contributed by atoms with Crippen molar-refractivity contribution < 1.29 is 4.79 Å². The smallest absolute Gasteiger partial charge is 0.255 e. The van der Waals surface area contributed by atoms with Gasteiger partial charge in [-0.1, -0.05) is 28.4 Å². The van der Waals surface area contributed by atoms with E-state index in [4.69, 9.17) is 23.2 Å². The number of rotatable bonds is 6. The number of Topliss-reactive ketones (excluding diaryl/α,β-unsaturated/α-hetero) is 1. The molecule has 0 fully saturated rings. The largest absolute Gasteiger partial charge is 0.293 e. The summed E-state index contributed by atoms with van der Waals surface area (Å²) in [4.78, 5) is 24.8. The summed E-state index contributed by atoms with van der Waals surface area (Å²) >= 11 is 13.1. The fraction of sp³-hybridized carbons (Fsp3) is 0.100. The lowest BCUT2D eigenvalue weighted by molar-refractivity contribution is 0.0986. The topological polar surface area (TPSA) is 69.8 Å². The van der Waals surface area contributed by atoms with Gasteiger partial charge in [-0.15, -0.1) is 16.4 Å². The van der Waals surface area contributed by atoms with Crippen LogP contribution in [0.25, 0.3) is 11.4 Å². The number of pyridine rings is 1. The van der Waals surface area contributed by atoms with Gasteiger partial charge in [-0.25, -0.2) is 4.68 Å². The van der Waals surface area contributed by atoms with Crippen molar-refractivity contribution in [1.29, 1.82) is 0 Å². The van der Waals surface area contributed by atoms with Crippen LogP contribution in [0.15, 0.2) is 65.7 Å². The second-order valence-corrected chi connectivity index (χ2v) is 8.40. The molecular weight excluding hydrogens is 431 g/mol. The Bertz CT molecular complexity index is 1230. The molecule has 29 heavy (non-hydrogen) atoms. The van der Waals surface area contributed by atoms with Gasteiger partial charge in [0.25, 0.3) is 5.56 Å². The molecular formula is C20H14Cl2N4O2S. The van der Waals surface area contributed by atoms with Crippen LogP contribution in [-0.2, 0) is 6.42 Å². The molecule has 4 rings (SSSR count). The quantitative estimate of drug-likeness (QED) is 0.407. The van der Waals surface area contributed by atoms with E-state index in [0.717, 1.165) is 11.4 Å². The Labute approximate surface area is 179 Å². The third kappa shape index (κ3) is 4.48. The van der Waals surface area contributed by atoms with E-state index < -0.39 is 0 Å². The third-order valence-corrected chi connectivity index (χ3v) is 5.76. The van der Waals surface area contributed by atoms with Gasteiger partial charge in [0, 0.05) is 30.8 Å². The first-order valence-electron chi connectivity index (χ1n) is 8.68. The summed E-state index contributed by atoms with van der Waals surface area (Å²) in [5.74, 6) is 0.0350. The maximum Gasteiger partial charge on any atom is 0.255 e. The maximum atomic E-state index is 12.2. The van der Waals surface area contributed by atoms with Crippen molar-refractivity contribution in [2.75, 3.05) is 0 Å². The number of halogens is 2. The summed E-state index contributed by atoms with van der Waals surface area (Å²) < 4.78 is 3.70. The molecule has 0 bridgehead atoms. The van der Waals surface area contributed by atoms with Gasteiger partial charge in [0.15, 0.2) is 5.78 Å². The lowest BCUT2D eigenvalue weighted by Gasteiger charge is -2.07. The Kier molecular flexibility index (Phi) is 5.62. The average Bonchev–Trinajstić information content (AvgIpc) is 3.37. The Balaban J connectivity index is 1.46. The minimum Gasteiger partial charge on any atom is -0.293 e. The van der Waals surface area contributed by atoms with E-state index in [-0.39, 0.29) is 11.3 Å². The van der Waals surface area contributed by atoms with Crippen LogP contribution in [0, 0.1) is 0 Å². The highest BCUT2D eigenvalue weighted by Crippen LogP contribution is 2.23. The number of hydrogen-bond donors (Lipinski definition) is 0. The van der Waals surface area contributed by atoms with Crippen LogP contribution in [-0.4, -0.2) is 25.3 Å². The van der Waals surface area contributed by atoms with Gasteiger partial charge in [0.05, 0.1) is 31.8 Å². The predicted octanol–water partition coefficient (Wildman–Crippen LogP) is 4.60. The van der Waals surface area contributed by atoms with E-state index in [1.807, 2.05) is 12.1 Å². The van der Waals surface area contributed by atoms with Crippen molar-refractivity contribution in [3.05, 3.63) is 91.2 Å². The molecule has 146 valence electrons. The molecule has 3 heterocycles. The molecule has 0 N–H and O–H groups in total. The van der Waals surface area contributed by atoms with Crippen LogP contribution >= 0.6 is 34.5 Å². The molecule has 4 aromatic rings. The Hall–Kier alpha value is -2.74. The zero-order chi connectivity index (χ0) is 20.4. The lowest BCUT2D eigenvalue weighted by Crippen LogP contribution is -2.15. The zero-order valence-electron chi connectivity index (χ0n) is 15.0. The first kappa shape index (κ1) is 19.6. The number of aryl methyl sites for hydroxylation is 1. The van der Waals surface area contributed by atoms with Crippen LogP contribution in [0.5, 0.6) is 0 Å². The molecule has 0 saturated heterocycles. The van der Waals surface area contributed by atoms with E-state index in [1.54, 1.807) is 47.4 Å². The van der Waals surface area contributed by atoms with Crippen LogP contribution in [0.3, 0.4) is 0 Å². The SMILES string of the molecule is O=C(CCc1cn(-c2ccc(-n3cc(Cl)ccc3=O)cc2)nn1)c1ccc(Cl)s1. The molecule has 0 saturated carbocycles. The van der Waals surface area contributed by atoms with Crippen molar-refractivity contribution in [3.8, 4) is 11.4 Å². The summed E-state index contributed by atoms with van der Waals surface area (Å²) in [5.41, 5.74) is 2.04. The monoisotopic (exact) mass is 444 g/mol. The minimum absolute atomic E-state index is 0.0350. The first-order valence-corrected chi connectivity index (χ1v) is 10.3. The van der Waals surface area contributed by atoms with Gasteiger partial charge >= 0.3 is 0 Å². The number of ketones is 1. The second kappa shape index (κ2) is 8.32. The Morgan fingerprint density at radius 2 is 1.72 bits per heavy atom. The first-order chi connectivity index (χ1) is 14.0. The van der Waals surface area contributed by atoms with E-state index >= 15 is 0 Å². The molecule has 6 nitrogen and oxygen atoms in total. The van der Waals surface area contributed by atoms with Crippen molar-refractivity contribution in [2.24, 2.45) is 0 Å². The maximum absolute atomic E-state index is 12.2. The summed E-state index contributed by atoms with van der Waals surface area (Å²) in [6.45, 7) is 0. The number of aromatic nitrogens is 4. The van der Waals surface area contributed by atoms with Gasteiger partial charge < -0.3 is 0 Å². The molecule has 3 aromatic heterocycles. The highest BCUT2D eigenvalue weighted by Gasteiger charge is 2.11. The Morgan fingerprint density at radius 1 is 0.966 bits per heavy atom. The van der Waals surface area contributed by atoms with Gasteiger partial charge in [0.2, 0.25) is 0 Å². The van der Waals surface area contributed by atoms with Crippen molar-refractivity contribution in [2.45, 2.75) is 12.8 Å². The van der Waals surface area contributed by atoms with Crippen LogP contribution in [0.1, 0.15) is 21.8 Å². The molecule has 0 atom stereocenters. The number of hydrogen-bond acceptors (Lipinski definition) is 5. The fourth-order valence-corrected chi connectivity index (χ4v) is 3.97. The van der Waals surface area contributed by atoms with Crippen molar-refractivity contribution in [1.82, 2.24) is 19.6 Å². The van der Waals surface area contributed by atoms with E-state index in [9.17, 15) is 9.59 Å². The predicted molar refractivity (Wildman–Crippen MR) is 114 cm³/mol. The van der Waals surface area contributed by atoms with Crippen LogP contribution < -0.4 is 5.56 Å². The fourth-order valence-electron chi connectivity index (χ4n) is 2.80. The van der Waals surface area contributed by atoms with Gasteiger partial charge in [-0.05, 0) is 42.5 Å². The van der Waals surface area contributed by atoms with E-state index in [1.165, 1.54) is 22.0 Å². The summed E-state index contributed by atoms with van der Waals surface area (Å²) in [7, 11) is 0. The zero-order valence-corrected chi connectivity index (χ0v) is 17.3. The molecule has 0 spiro atoms. The third-order valence-electron chi connectivity index (χ3n) is 4.26. The van der Waals surface area contributed by atoms with Gasteiger partial charge in [-0.3, -0.25) is 14.2 Å². The van der Waals surface area contributed by atoms with Gasteiger partial charge in [-0.2, -0.15) is 0 Å². The second-order valence-electron chi connectivity index (χ2n) is 6.25. The molecule has 0 aliphatic rings. The summed E-state index contributed by atoms with van der Waals surface area (Å²) in [6.07, 6.45) is 4.19. The average molecular weight is 445 g/mol. The van der Waals surface area contributed by atoms with Gasteiger partial charge in [0.1, 0.15) is 0 Å². The number of thiophene rings is 1. The van der Waals surface area contributed by atoms with Crippen molar-refractivity contribution in [3.63, 3.8) is 0 Å². The molecule has 0 unspecified atom stereocenters. The van der Waals surface area contributed by atoms with Crippen LogP contribution in [0.4, 0.5) is 0 Å². The molecule has 0 radical (unpaired) electrons. The molecule has 0 aliphatic heterocycles. The number of benzene rings is 1. The summed E-state index contributed by atoms with van der Waals surface area (Å²) in [6, 6.07) is 13.7. The molecule has 9 heteroatoms. The van der Waals surface area contributed by atoms with Crippen LogP contribution in [0.2, 0.25) is 9.36 Å². The standard InChI is InChI=1S/C20H14Cl2N4O2S/c21-13-1-10-20(28)25(11-13)15-3-5-16(6-4-15)26-12-14(23-24-26)2-7-17(27)18-8-9-19(22)29-18/h1,3-6,8-12H,2,7H2. The number of nitrogens with zero attached hydrogens (tertiary/aromatic N) is 4. The van der Waals surface area contributed by atoms with Crippen molar-refractivity contribution >= 4 is 40.3 Å². The minimum atomic E-state index is -0.165. The molecule has 0 aliphatic carbocycles. The normalized spacial score (nSPS) is 11.0. The number of carbonyl (C=O) groups excluding carboxylic acids is 1. The Morgan fingerprint density at radius 3 is 2.45 bits per heavy atom. The summed E-state index contributed by atoms with van der Waals surface area (Å²) in [5, 5.41) is 8.74. The molecule has 0 amide bonds. The lowest BCUT2D eigenvalue weighted by atomic mass is 10.1. The van der Waals surface area contributed by atoms with E-state index in [0.29, 0.717) is 32.8 Å². The highest BCUT2D eigenvalue weighted by atomic mass is 35.5.